The molecule has 1 aromatic rings. The molecular weight excluding hydrogens is 270 g/mol. The van der Waals surface area contributed by atoms with Gasteiger partial charge >= 0.3 is 0 Å². The first-order valence-electron chi connectivity index (χ1n) is 5.95. The van der Waals surface area contributed by atoms with Gasteiger partial charge in [0.1, 0.15) is 0 Å². The standard InChI is InChI=1S/C13H18ClNO2S/c1-2-10(9-16)15-13(17)7-8-18-12-6-4-3-5-11(12)14/h3-6,10,16H,2,7-9H2,1H3,(H,15,17)/t10-/m1/s1. The molecule has 1 rings (SSSR count). The van der Waals surface area contributed by atoms with Gasteiger partial charge in [0, 0.05) is 17.1 Å². The molecule has 0 saturated heterocycles. The van der Waals surface area contributed by atoms with Crippen molar-refractivity contribution in [3.63, 3.8) is 0 Å². The highest BCUT2D eigenvalue weighted by atomic mass is 35.5. The number of aliphatic hydroxyl groups is 1. The third kappa shape index (κ3) is 5.29. The summed E-state index contributed by atoms with van der Waals surface area (Å²) in [5.74, 6) is 0.646. The summed E-state index contributed by atoms with van der Waals surface area (Å²) in [6, 6.07) is 7.44. The topological polar surface area (TPSA) is 49.3 Å². The number of halogens is 1. The number of amides is 1. The smallest absolute Gasteiger partial charge is 0.221 e. The Labute approximate surface area is 117 Å². The Morgan fingerprint density at radius 2 is 2.22 bits per heavy atom. The number of nitrogens with one attached hydrogen (secondary N) is 1. The quantitative estimate of drug-likeness (QED) is 0.758. The molecule has 0 aliphatic carbocycles. The zero-order chi connectivity index (χ0) is 13.4. The number of carbonyl (C=O) groups excluding carboxylic acids is 1. The second-order valence-electron chi connectivity index (χ2n) is 3.88. The van der Waals surface area contributed by atoms with E-state index in [1.165, 1.54) is 0 Å². The van der Waals surface area contributed by atoms with Crippen LogP contribution in [-0.4, -0.2) is 29.4 Å². The predicted molar refractivity (Wildman–Crippen MR) is 76.1 cm³/mol. The lowest BCUT2D eigenvalue weighted by Gasteiger charge is -2.13. The van der Waals surface area contributed by atoms with Gasteiger partial charge < -0.3 is 10.4 Å². The molecule has 2 N–H and O–H groups in total. The summed E-state index contributed by atoms with van der Waals surface area (Å²) >= 11 is 7.58. The van der Waals surface area contributed by atoms with Gasteiger partial charge in [-0.25, -0.2) is 0 Å². The van der Waals surface area contributed by atoms with Crippen molar-refractivity contribution in [1.82, 2.24) is 5.32 Å². The van der Waals surface area contributed by atoms with Gasteiger partial charge in [0.2, 0.25) is 5.91 Å². The van der Waals surface area contributed by atoms with Gasteiger partial charge in [0.25, 0.3) is 0 Å². The lowest BCUT2D eigenvalue weighted by Crippen LogP contribution is -2.37. The molecule has 1 aromatic carbocycles. The summed E-state index contributed by atoms with van der Waals surface area (Å²) < 4.78 is 0. The van der Waals surface area contributed by atoms with Gasteiger partial charge in [0.05, 0.1) is 17.7 Å². The maximum absolute atomic E-state index is 11.6. The summed E-state index contributed by atoms with van der Waals surface area (Å²) in [6.45, 7) is 1.92. The normalized spacial score (nSPS) is 12.2. The second-order valence-corrected chi connectivity index (χ2v) is 5.43. The minimum atomic E-state index is -0.136. The van der Waals surface area contributed by atoms with Crippen LogP contribution in [0.5, 0.6) is 0 Å². The van der Waals surface area contributed by atoms with E-state index in [9.17, 15) is 4.79 Å². The number of benzene rings is 1. The summed E-state index contributed by atoms with van der Waals surface area (Å²) in [5.41, 5.74) is 0. The third-order valence-electron chi connectivity index (χ3n) is 2.50. The number of aliphatic hydroxyl groups excluding tert-OH is 1. The lowest BCUT2D eigenvalue weighted by molar-refractivity contribution is -0.121. The first-order valence-corrected chi connectivity index (χ1v) is 7.31. The lowest BCUT2D eigenvalue weighted by atomic mass is 10.2. The molecule has 0 fully saturated rings. The molecule has 1 atom stereocenters. The first-order chi connectivity index (χ1) is 8.67. The molecule has 18 heavy (non-hydrogen) atoms. The maximum atomic E-state index is 11.6. The average molecular weight is 288 g/mol. The molecular formula is C13H18ClNO2S. The van der Waals surface area contributed by atoms with Crippen molar-refractivity contribution < 1.29 is 9.90 Å². The van der Waals surface area contributed by atoms with Crippen molar-refractivity contribution in [2.75, 3.05) is 12.4 Å². The molecule has 5 heteroatoms. The monoisotopic (exact) mass is 287 g/mol. The van der Waals surface area contributed by atoms with Crippen LogP contribution in [-0.2, 0) is 4.79 Å². The van der Waals surface area contributed by atoms with E-state index in [0.717, 1.165) is 11.3 Å². The Hall–Kier alpha value is -0.710. The van der Waals surface area contributed by atoms with Gasteiger partial charge in [-0.1, -0.05) is 30.7 Å². The number of hydrogen-bond acceptors (Lipinski definition) is 3. The van der Waals surface area contributed by atoms with Gasteiger partial charge in [-0.3, -0.25) is 4.79 Å². The Bertz CT molecular complexity index is 383. The summed E-state index contributed by atoms with van der Waals surface area (Å²) in [5, 5.41) is 12.5. The molecule has 0 aliphatic heterocycles. The van der Waals surface area contributed by atoms with Crippen molar-refractivity contribution in [3.8, 4) is 0 Å². The highest BCUT2D eigenvalue weighted by Crippen LogP contribution is 2.26. The summed E-state index contributed by atoms with van der Waals surface area (Å²) in [7, 11) is 0. The van der Waals surface area contributed by atoms with E-state index in [4.69, 9.17) is 16.7 Å². The zero-order valence-corrected chi connectivity index (χ0v) is 11.9. The van der Waals surface area contributed by atoms with Crippen LogP contribution in [0.4, 0.5) is 0 Å². The van der Waals surface area contributed by atoms with Crippen LogP contribution >= 0.6 is 23.4 Å². The highest BCUT2D eigenvalue weighted by Gasteiger charge is 2.09. The van der Waals surface area contributed by atoms with Crippen molar-refractivity contribution in [1.29, 1.82) is 0 Å². The van der Waals surface area contributed by atoms with Gasteiger partial charge in [-0.2, -0.15) is 0 Å². The van der Waals surface area contributed by atoms with E-state index in [2.05, 4.69) is 5.32 Å². The molecule has 0 aromatic heterocycles. The fourth-order valence-corrected chi connectivity index (χ4v) is 2.58. The molecule has 0 saturated carbocycles. The zero-order valence-electron chi connectivity index (χ0n) is 10.4. The number of rotatable bonds is 7. The van der Waals surface area contributed by atoms with Crippen LogP contribution in [0, 0.1) is 0 Å². The molecule has 3 nitrogen and oxygen atoms in total. The summed E-state index contributed by atoms with van der Waals surface area (Å²) in [6.07, 6.45) is 1.16. The van der Waals surface area contributed by atoms with E-state index in [1.807, 2.05) is 31.2 Å². The van der Waals surface area contributed by atoms with E-state index < -0.39 is 0 Å². The SMILES string of the molecule is CC[C@H](CO)NC(=O)CCSc1ccccc1Cl. The average Bonchev–Trinajstić information content (AvgIpc) is 2.38. The molecule has 0 aliphatic rings. The minimum absolute atomic E-state index is 0.0140. The van der Waals surface area contributed by atoms with Crippen LogP contribution in [0.3, 0.4) is 0 Å². The Kier molecular flexibility index (Phi) is 7.16. The molecule has 100 valence electrons. The minimum Gasteiger partial charge on any atom is -0.394 e. The first kappa shape index (κ1) is 15.3. The molecule has 0 radical (unpaired) electrons. The fraction of sp³-hybridized carbons (Fsp3) is 0.462. The van der Waals surface area contributed by atoms with Crippen molar-refractivity contribution in [2.45, 2.75) is 30.7 Å². The van der Waals surface area contributed by atoms with Crippen molar-refractivity contribution in [2.24, 2.45) is 0 Å². The van der Waals surface area contributed by atoms with Crippen molar-refractivity contribution in [3.05, 3.63) is 29.3 Å². The largest absolute Gasteiger partial charge is 0.394 e. The number of hydrogen-bond donors (Lipinski definition) is 2. The molecule has 0 bridgehead atoms. The van der Waals surface area contributed by atoms with Gasteiger partial charge in [-0.05, 0) is 18.6 Å². The van der Waals surface area contributed by atoms with E-state index in [1.54, 1.807) is 11.8 Å². The van der Waals surface area contributed by atoms with Crippen LogP contribution in [0.1, 0.15) is 19.8 Å². The van der Waals surface area contributed by atoms with Gasteiger partial charge in [-0.15, -0.1) is 11.8 Å². The Balaban J connectivity index is 2.29. The van der Waals surface area contributed by atoms with Crippen LogP contribution in [0.25, 0.3) is 0 Å². The van der Waals surface area contributed by atoms with E-state index in [-0.39, 0.29) is 18.6 Å². The maximum Gasteiger partial charge on any atom is 0.221 e. The van der Waals surface area contributed by atoms with Crippen LogP contribution in [0.15, 0.2) is 29.2 Å². The Morgan fingerprint density at radius 3 is 2.83 bits per heavy atom. The number of carbonyl (C=O) groups is 1. The number of thioether (sulfide) groups is 1. The predicted octanol–water partition coefficient (Wildman–Crippen LogP) is 2.71. The third-order valence-corrected chi connectivity index (χ3v) is 4.02. The fourth-order valence-electron chi connectivity index (χ4n) is 1.39. The summed E-state index contributed by atoms with van der Waals surface area (Å²) in [4.78, 5) is 12.6. The molecule has 0 spiro atoms. The van der Waals surface area contributed by atoms with Crippen LogP contribution < -0.4 is 5.32 Å². The molecule has 0 heterocycles. The highest BCUT2D eigenvalue weighted by molar-refractivity contribution is 7.99. The van der Waals surface area contributed by atoms with Crippen molar-refractivity contribution >= 4 is 29.3 Å². The molecule has 0 unspecified atom stereocenters. The Morgan fingerprint density at radius 1 is 1.50 bits per heavy atom. The second kappa shape index (κ2) is 8.40. The van der Waals surface area contributed by atoms with E-state index >= 15 is 0 Å². The molecule has 1 amide bonds. The van der Waals surface area contributed by atoms with E-state index in [0.29, 0.717) is 17.2 Å². The van der Waals surface area contributed by atoms with Gasteiger partial charge in [0.15, 0.2) is 0 Å². The van der Waals surface area contributed by atoms with Crippen LogP contribution in [0.2, 0.25) is 5.02 Å².